The van der Waals surface area contributed by atoms with Crippen LogP contribution in [0.15, 0.2) is 36.4 Å². The summed E-state index contributed by atoms with van der Waals surface area (Å²) in [6.45, 7) is 1.77. The van der Waals surface area contributed by atoms with Gasteiger partial charge in [0.05, 0.1) is 5.02 Å². The molecule has 3 saturated carbocycles. The van der Waals surface area contributed by atoms with Gasteiger partial charge in [-0.1, -0.05) is 23.2 Å². The van der Waals surface area contributed by atoms with Crippen molar-refractivity contribution in [2.24, 2.45) is 0 Å². The number of benzene rings is 2. The van der Waals surface area contributed by atoms with Gasteiger partial charge in [-0.3, -0.25) is 9.59 Å². The number of ether oxygens (including phenoxy) is 1. The van der Waals surface area contributed by atoms with Crippen molar-refractivity contribution in [1.82, 2.24) is 10.6 Å². The summed E-state index contributed by atoms with van der Waals surface area (Å²) < 4.78 is 19.1. The maximum absolute atomic E-state index is 13.5. The summed E-state index contributed by atoms with van der Waals surface area (Å²) in [6.07, 6.45) is 1.94. The van der Waals surface area contributed by atoms with Crippen LogP contribution in [0.3, 0.4) is 0 Å². The molecule has 0 saturated heterocycles. The first-order valence-electron chi connectivity index (χ1n) is 9.17. The van der Waals surface area contributed by atoms with E-state index in [4.69, 9.17) is 27.9 Å². The second kappa shape index (κ2) is 7.18. The summed E-state index contributed by atoms with van der Waals surface area (Å²) in [7, 11) is 0. The van der Waals surface area contributed by atoms with E-state index < -0.39 is 5.82 Å². The third-order valence-corrected chi connectivity index (χ3v) is 6.23. The molecule has 3 fully saturated rings. The highest BCUT2D eigenvalue weighted by atomic mass is 35.5. The van der Waals surface area contributed by atoms with Crippen molar-refractivity contribution in [3.8, 4) is 5.75 Å². The van der Waals surface area contributed by atoms with E-state index in [9.17, 15) is 14.0 Å². The van der Waals surface area contributed by atoms with Gasteiger partial charge in [-0.2, -0.15) is 0 Å². The van der Waals surface area contributed by atoms with Crippen molar-refractivity contribution in [2.75, 3.05) is 6.61 Å². The standard InChI is InChI=1S/C21H19Cl2FN2O3/c1-12-6-14(3-5-15(12)22)29-8-18(27)25-20-9-21(10-20,11-20)26-19(28)13-2-4-16(23)17(24)7-13/h2-7H,8-11H2,1H3,(H,25,27)(H,26,28). The third kappa shape index (κ3) is 3.91. The lowest BCUT2D eigenvalue weighted by molar-refractivity contribution is -0.141. The molecular weight excluding hydrogens is 418 g/mol. The van der Waals surface area contributed by atoms with Gasteiger partial charge in [-0.25, -0.2) is 4.39 Å². The number of halogens is 3. The molecular formula is C21H19Cl2FN2O3. The second-order valence-electron chi connectivity index (χ2n) is 7.92. The predicted octanol–water partition coefficient (Wildman–Crippen LogP) is 4.04. The molecule has 0 radical (unpaired) electrons. The van der Waals surface area contributed by atoms with Crippen molar-refractivity contribution in [2.45, 2.75) is 37.3 Å². The Morgan fingerprint density at radius 3 is 2.34 bits per heavy atom. The molecule has 2 amide bonds. The molecule has 3 aliphatic rings. The van der Waals surface area contributed by atoms with Gasteiger partial charge in [0, 0.05) is 21.7 Å². The molecule has 5 nitrogen and oxygen atoms in total. The van der Waals surface area contributed by atoms with E-state index in [1.807, 2.05) is 6.92 Å². The van der Waals surface area contributed by atoms with E-state index in [0.29, 0.717) is 30.0 Å². The average Bonchev–Trinajstić information content (AvgIpc) is 2.62. The van der Waals surface area contributed by atoms with Gasteiger partial charge in [-0.05, 0) is 68.1 Å². The molecule has 152 valence electrons. The summed E-state index contributed by atoms with van der Waals surface area (Å²) in [6, 6.07) is 9.19. The largest absolute Gasteiger partial charge is 0.484 e. The number of hydrogen-bond donors (Lipinski definition) is 2. The van der Waals surface area contributed by atoms with Crippen molar-refractivity contribution < 1.29 is 18.7 Å². The Balaban J connectivity index is 1.25. The summed E-state index contributed by atoms with van der Waals surface area (Å²) in [4.78, 5) is 24.6. The molecule has 5 rings (SSSR count). The van der Waals surface area contributed by atoms with Gasteiger partial charge in [-0.15, -0.1) is 0 Å². The fraction of sp³-hybridized carbons (Fsp3) is 0.333. The van der Waals surface area contributed by atoms with E-state index in [1.165, 1.54) is 12.1 Å². The highest BCUT2D eigenvalue weighted by Crippen LogP contribution is 2.60. The van der Waals surface area contributed by atoms with Gasteiger partial charge in [0.25, 0.3) is 11.8 Å². The first-order valence-corrected chi connectivity index (χ1v) is 9.92. The lowest BCUT2D eigenvalue weighted by Crippen LogP contribution is -2.84. The molecule has 0 unspecified atom stereocenters. The zero-order valence-corrected chi connectivity index (χ0v) is 17.2. The Hall–Kier alpha value is -2.31. The van der Waals surface area contributed by atoms with Crippen molar-refractivity contribution in [3.05, 3.63) is 63.4 Å². The van der Waals surface area contributed by atoms with Gasteiger partial charge in [0.1, 0.15) is 11.6 Å². The molecule has 0 aromatic heterocycles. The fourth-order valence-corrected chi connectivity index (χ4v) is 4.43. The van der Waals surface area contributed by atoms with Crippen molar-refractivity contribution in [1.29, 1.82) is 0 Å². The zero-order valence-electron chi connectivity index (χ0n) is 15.7. The molecule has 0 heterocycles. The number of carbonyl (C=O) groups is 2. The molecule has 3 aliphatic carbocycles. The molecule has 8 heteroatoms. The molecule has 2 bridgehead atoms. The molecule has 2 N–H and O–H groups in total. The fourth-order valence-electron chi connectivity index (χ4n) is 4.19. The lowest BCUT2D eigenvalue weighted by atomic mass is 9.44. The Labute approximate surface area is 177 Å². The number of nitrogens with one attached hydrogen (secondary N) is 2. The predicted molar refractivity (Wildman–Crippen MR) is 108 cm³/mol. The van der Waals surface area contributed by atoms with E-state index in [2.05, 4.69) is 10.6 Å². The highest BCUT2D eigenvalue weighted by Gasteiger charge is 2.69. The zero-order chi connectivity index (χ0) is 20.8. The molecule has 0 spiro atoms. The van der Waals surface area contributed by atoms with E-state index in [0.717, 1.165) is 11.6 Å². The monoisotopic (exact) mass is 436 g/mol. The molecule has 0 aliphatic heterocycles. The topological polar surface area (TPSA) is 67.4 Å². The molecule has 2 aromatic rings. The summed E-state index contributed by atoms with van der Waals surface area (Å²) in [5.74, 6) is -0.603. The first kappa shape index (κ1) is 20.0. The molecule has 2 aromatic carbocycles. The van der Waals surface area contributed by atoms with E-state index in [-0.39, 0.29) is 40.1 Å². The van der Waals surface area contributed by atoms with Crippen LogP contribution in [0.5, 0.6) is 5.75 Å². The number of rotatable bonds is 6. The number of aryl methyl sites for hydroxylation is 1. The Morgan fingerprint density at radius 1 is 1.03 bits per heavy atom. The van der Waals surface area contributed by atoms with E-state index >= 15 is 0 Å². The van der Waals surface area contributed by atoms with Gasteiger partial charge in [0.2, 0.25) is 0 Å². The van der Waals surface area contributed by atoms with Crippen LogP contribution >= 0.6 is 23.2 Å². The lowest BCUT2D eigenvalue weighted by Gasteiger charge is -2.70. The SMILES string of the molecule is Cc1cc(OCC(=O)NC23CC(NC(=O)c4ccc(Cl)c(F)c4)(C2)C3)ccc1Cl. The second-order valence-corrected chi connectivity index (χ2v) is 8.74. The maximum atomic E-state index is 13.5. The van der Waals surface area contributed by atoms with Gasteiger partial charge in [0.15, 0.2) is 6.61 Å². The average molecular weight is 437 g/mol. The van der Waals surface area contributed by atoms with Gasteiger partial charge < -0.3 is 15.4 Å². The van der Waals surface area contributed by atoms with Crippen LogP contribution in [-0.4, -0.2) is 29.5 Å². The maximum Gasteiger partial charge on any atom is 0.258 e. The number of amides is 2. The van der Waals surface area contributed by atoms with Crippen LogP contribution in [-0.2, 0) is 4.79 Å². The number of hydrogen-bond acceptors (Lipinski definition) is 3. The van der Waals surface area contributed by atoms with E-state index in [1.54, 1.807) is 18.2 Å². The molecule has 29 heavy (non-hydrogen) atoms. The van der Waals surface area contributed by atoms with Crippen LogP contribution in [0.4, 0.5) is 4.39 Å². The van der Waals surface area contributed by atoms with Crippen LogP contribution in [0.1, 0.15) is 35.2 Å². The summed E-state index contributed by atoms with van der Waals surface area (Å²) >= 11 is 11.6. The van der Waals surface area contributed by atoms with Crippen LogP contribution in [0.25, 0.3) is 0 Å². The Kier molecular flexibility index (Phi) is 4.95. The quantitative estimate of drug-likeness (QED) is 0.717. The summed E-state index contributed by atoms with van der Waals surface area (Å²) in [5.41, 5.74) is 0.465. The van der Waals surface area contributed by atoms with Crippen LogP contribution in [0.2, 0.25) is 10.0 Å². The van der Waals surface area contributed by atoms with Crippen molar-refractivity contribution >= 4 is 35.0 Å². The Bertz CT molecular complexity index is 992. The normalized spacial score (nSPS) is 24.1. The first-order chi connectivity index (χ1) is 13.7. The molecule has 0 atom stereocenters. The minimum atomic E-state index is -0.628. The van der Waals surface area contributed by atoms with Crippen molar-refractivity contribution in [3.63, 3.8) is 0 Å². The van der Waals surface area contributed by atoms with Crippen LogP contribution < -0.4 is 15.4 Å². The Morgan fingerprint density at radius 2 is 1.69 bits per heavy atom. The smallest absolute Gasteiger partial charge is 0.258 e. The number of carbonyl (C=O) groups excluding carboxylic acids is 2. The highest BCUT2D eigenvalue weighted by molar-refractivity contribution is 6.31. The van der Waals surface area contributed by atoms with Gasteiger partial charge >= 0.3 is 0 Å². The minimum absolute atomic E-state index is 0.0234. The van der Waals surface area contributed by atoms with Crippen LogP contribution in [0, 0.1) is 12.7 Å². The third-order valence-electron chi connectivity index (χ3n) is 5.49. The minimum Gasteiger partial charge on any atom is -0.484 e. The summed E-state index contributed by atoms with van der Waals surface area (Å²) in [5, 5.41) is 6.56.